The van der Waals surface area contributed by atoms with Crippen LogP contribution >= 0.6 is 0 Å². The normalized spacial score (nSPS) is 36.7. The Morgan fingerprint density at radius 2 is 2.07 bits per heavy atom. The Hall–Kier alpha value is -0.570. The molecule has 0 aromatic heterocycles. The summed E-state index contributed by atoms with van der Waals surface area (Å²) in [4.78, 5) is 10.7. The summed E-state index contributed by atoms with van der Waals surface area (Å²) in [5, 5.41) is 8.84. The van der Waals surface area contributed by atoms with E-state index < -0.39 is 11.5 Å². The minimum atomic E-state index is -0.781. The summed E-state index contributed by atoms with van der Waals surface area (Å²) in [7, 11) is 0. The fourth-order valence-electron chi connectivity index (χ4n) is 2.61. The van der Waals surface area contributed by atoms with Gasteiger partial charge in [0.25, 0.3) is 0 Å². The summed E-state index contributed by atoms with van der Waals surface area (Å²) in [6, 6.07) is 0. The summed E-state index contributed by atoms with van der Waals surface area (Å²) >= 11 is 0. The standard InChI is InChI=1S/C11H21NO2/c1-8-10(2,3)5-4-6-11(8,12)7-9(13)14/h8H,4-7,12H2,1-3H3,(H,13,14). The summed E-state index contributed by atoms with van der Waals surface area (Å²) < 4.78 is 0. The van der Waals surface area contributed by atoms with E-state index in [2.05, 4.69) is 20.8 Å². The zero-order valence-corrected chi connectivity index (χ0v) is 9.34. The predicted molar refractivity (Wildman–Crippen MR) is 56.0 cm³/mol. The lowest BCUT2D eigenvalue weighted by atomic mass is 9.60. The van der Waals surface area contributed by atoms with Gasteiger partial charge in [-0.25, -0.2) is 0 Å². The van der Waals surface area contributed by atoms with E-state index in [1.165, 1.54) is 0 Å². The Balaban J connectivity index is 2.82. The number of hydrogen-bond donors (Lipinski definition) is 2. The van der Waals surface area contributed by atoms with Crippen LogP contribution in [0.1, 0.15) is 46.5 Å². The van der Waals surface area contributed by atoms with Gasteiger partial charge in [-0.15, -0.1) is 0 Å². The van der Waals surface area contributed by atoms with E-state index in [0.29, 0.717) is 0 Å². The number of carboxylic acid groups (broad SMARTS) is 1. The number of nitrogens with two attached hydrogens (primary N) is 1. The molecule has 1 aliphatic rings. The van der Waals surface area contributed by atoms with Crippen molar-refractivity contribution >= 4 is 5.97 Å². The maximum atomic E-state index is 10.7. The molecule has 3 heteroatoms. The molecule has 0 saturated heterocycles. The monoisotopic (exact) mass is 199 g/mol. The quantitative estimate of drug-likeness (QED) is 0.715. The Kier molecular flexibility index (Phi) is 2.91. The van der Waals surface area contributed by atoms with Crippen LogP contribution in [0.3, 0.4) is 0 Å². The molecule has 0 aromatic carbocycles. The van der Waals surface area contributed by atoms with Crippen LogP contribution in [-0.4, -0.2) is 16.6 Å². The molecule has 14 heavy (non-hydrogen) atoms. The van der Waals surface area contributed by atoms with Crippen molar-refractivity contribution in [3.63, 3.8) is 0 Å². The molecule has 0 aliphatic heterocycles. The van der Waals surface area contributed by atoms with E-state index in [0.717, 1.165) is 19.3 Å². The average molecular weight is 199 g/mol. The van der Waals surface area contributed by atoms with Crippen LogP contribution in [0.4, 0.5) is 0 Å². The second-order valence-corrected chi connectivity index (χ2v) is 5.37. The lowest BCUT2D eigenvalue weighted by Gasteiger charge is -2.48. The maximum Gasteiger partial charge on any atom is 0.305 e. The maximum absolute atomic E-state index is 10.7. The van der Waals surface area contributed by atoms with Crippen molar-refractivity contribution in [1.82, 2.24) is 0 Å². The molecule has 0 aromatic rings. The molecule has 0 spiro atoms. The molecule has 0 bridgehead atoms. The van der Waals surface area contributed by atoms with Gasteiger partial charge in [0.1, 0.15) is 0 Å². The molecule has 3 nitrogen and oxygen atoms in total. The number of carboxylic acids is 1. The Labute approximate surface area is 85.7 Å². The van der Waals surface area contributed by atoms with Crippen molar-refractivity contribution in [3.8, 4) is 0 Å². The van der Waals surface area contributed by atoms with Gasteiger partial charge in [-0.3, -0.25) is 4.79 Å². The molecular formula is C11H21NO2. The van der Waals surface area contributed by atoms with Crippen molar-refractivity contribution in [2.75, 3.05) is 0 Å². The molecule has 2 atom stereocenters. The van der Waals surface area contributed by atoms with Gasteiger partial charge in [0.2, 0.25) is 0 Å². The molecule has 0 heterocycles. The molecule has 1 rings (SSSR count). The molecule has 0 radical (unpaired) electrons. The van der Waals surface area contributed by atoms with Gasteiger partial charge in [-0.1, -0.05) is 27.2 Å². The van der Waals surface area contributed by atoms with Crippen molar-refractivity contribution in [1.29, 1.82) is 0 Å². The van der Waals surface area contributed by atoms with Crippen LogP contribution in [0.25, 0.3) is 0 Å². The highest BCUT2D eigenvalue weighted by Gasteiger charge is 2.45. The molecule has 0 amide bonds. The van der Waals surface area contributed by atoms with Gasteiger partial charge in [0.15, 0.2) is 0 Å². The van der Waals surface area contributed by atoms with Crippen LogP contribution in [0.2, 0.25) is 0 Å². The lowest BCUT2D eigenvalue weighted by Crippen LogP contribution is -2.55. The zero-order valence-electron chi connectivity index (χ0n) is 9.34. The largest absolute Gasteiger partial charge is 0.481 e. The first-order chi connectivity index (χ1) is 6.28. The minimum Gasteiger partial charge on any atom is -0.481 e. The molecule has 3 N–H and O–H groups in total. The highest BCUT2D eigenvalue weighted by molar-refractivity contribution is 5.68. The molecule has 82 valence electrons. The summed E-state index contributed by atoms with van der Waals surface area (Å²) in [6.07, 6.45) is 3.12. The Morgan fingerprint density at radius 3 is 2.57 bits per heavy atom. The highest BCUT2D eigenvalue weighted by atomic mass is 16.4. The average Bonchev–Trinajstić information content (AvgIpc) is 1.98. The minimum absolute atomic E-state index is 0.0948. The second-order valence-electron chi connectivity index (χ2n) is 5.37. The molecular weight excluding hydrogens is 178 g/mol. The first kappa shape index (κ1) is 11.5. The van der Waals surface area contributed by atoms with Gasteiger partial charge in [0.05, 0.1) is 6.42 Å². The summed E-state index contributed by atoms with van der Waals surface area (Å²) in [5.41, 5.74) is 5.86. The SMILES string of the molecule is CC1C(C)(C)CCCC1(N)CC(=O)O. The summed E-state index contributed by atoms with van der Waals surface area (Å²) in [6.45, 7) is 6.45. The van der Waals surface area contributed by atoms with Crippen LogP contribution in [0, 0.1) is 11.3 Å². The van der Waals surface area contributed by atoms with Crippen LogP contribution in [0.15, 0.2) is 0 Å². The number of aliphatic carboxylic acids is 1. The summed E-state index contributed by atoms with van der Waals surface area (Å²) in [5.74, 6) is -0.517. The first-order valence-corrected chi connectivity index (χ1v) is 5.29. The topological polar surface area (TPSA) is 63.3 Å². The third-order valence-electron chi connectivity index (χ3n) is 3.98. The highest BCUT2D eigenvalue weighted by Crippen LogP contribution is 2.46. The smallest absolute Gasteiger partial charge is 0.305 e. The van der Waals surface area contributed by atoms with Crippen molar-refractivity contribution in [2.24, 2.45) is 17.1 Å². The van der Waals surface area contributed by atoms with Gasteiger partial charge in [-0.05, 0) is 24.2 Å². The molecule has 1 saturated carbocycles. The van der Waals surface area contributed by atoms with E-state index in [1.54, 1.807) is 0 Å². The van der Waals surface area contributed by atoms with Crippen LogP contribution in [-0.2, 0) is 4.79 Å². The van der Waals surface area contributed by atoms with E-state index in [-0.39, 0.29) is 17.8 Å². The zero-order chi connectivity index (χ0) is 11.0. The second kappa shape index (κ2) is 3.54. The van der Waals surface area contributed by atoms with E-state index >= 15 is 0 Å². The fourth-order valence-corrected chi connectivity index (χ4v) is 2.61. The van der Waals surface area contributed by atoms with Gasteiger partial charge >= 0.3 is 5.97 Å². The number of carbonyl (C=O) groups is 1. The van der Waals surface area contributed by atoms with Gasteiger partial charge in [0, 0.05) is 5.54 Å². The van der Waals surface area contributed by atoms with Crippen molar-refractivity contribution < 1.29 is 9.90 Å². The molecule has 1 aliphatic carbocycles. The first-order valence-electron chi connectivity index (χ1n) is 5.29. The lowest BCUT2D eigenvalue weighted by molar-refractivity contribution is -0.140. The number of rotatable bonds is 2. The van der Waals surface area contributed by atoms with Crippen LogP contribution in [0.5, 0.6) is 0 Å². The fraction of sp³-hybridized carbons (Fsp3) is 0.909. The third-order valence-corrected chi connectivity index (χ3v) is 3.98. The van der Waals surface area contributed by atoms with Crippen molar-refractivity contribution in [3.05, 3.63) is 0 Å². The van der Waals surface area contributed by atoms with E-state index in [9.17, 15) is 4.79 Å². The third kappa shape index (κ3) is 2.08. The van der Waals surface area contributed by atoms with Crippen molar-refractivity contribution in [2.45, 2.75) is 52.0 Å². The number of hydrogen-bond acceptors (Lipinski definition) is 2. The van der Waals surface area contributed by atoms with Gasteiger partial charge in [-0.2, -0.15) is 0 Å². The van der Waals surface area contributed by atoms with E-state index in [4.69, 9.17) is 10.8 Å². The van der Waals surface area contributed by atoms with Gasteiger partial charge < -0.3 is 10.8 Å². The van der Waals surface area contributed by atoms with Crippen LogP contribution < -0.4 is 5.73 Å². The molecule has 2 unspecified atom stereocenters. The predicted octanol–water partition coefficient (Wildman–Crippen LogP) is 2.00. The molecule has 1 fully saturated rings. The van der Waals surface area contributed by atoms with E-state index in [1.807, 2.05) is 0 Å². The Morgan fingerprint density at radius 1 is 1.50 bits per heavy atom. The Bertz CT molecular complexity index is 237.